The van der Waals surface area contributed by atoms with Crippen molar-refractivity contribution in [2.24, 2.45) is 5.92 Å². The van der Waals surface area contributed by atoms with E-state index in [1.54, 1.807) is 58.9 Å². The van der Waals surface area contributed by atoms with Gasteiger partial charge in [-0.3, -0.25) is 9.59 Å². The molecular formula is C25H24Cl4N2O6. The molecule has 0 fully saturated rings. The quantitative estimate of drug-likeness (QED) is 0.159. The molecule has 0 saturated heterocycles. The van der Waals surface area contributed by atoms with Crippen molar-refractivity contribution in [3.05, 3.63) is 67.1 Å². The van der Waals surface area contributed by atoms with Crippen molar-refractivity contribution in [2.45, 2.75) is 52.9 Å². The summed E-state index contributed by atoms with van der Waals surface area (Å²) in [7, 11) is 0. The monoisotopic (exact) mass is 588 g/mol. The van der Waals surface area contributed by atoms with Gasteiger partial charge in [0.15, 0.2) is 6.04 Å². The van der Waals surface area contributed by atoms with Crippen LogP contribution in [0.1, 0.15) is 60.9 Å². The van der Waals surface area contributed by atoms with Gasteiger partial charge < -0.3 is 9.47 Å². The number of fused-ring (bicyclic) bond motifs is 1. The van der Waals surface area contributed by atoms with Crippen LogP contribution >= 0.6 is 46.4 Å². The number of rotatable bonds is 6. The van der Waals surface area contributed by atoms with Crippen LogP contribution in [0.15, 0.2) is 30.3 Å². The number of halogens is 4. The lowest BCUT2D eigenvalue weighted by atomic mass is 10.0. The molecule has 0 saturated carbocycles. The standard InChI is InChI=1S/C25H24Cl4N2O6/c1-12(2)20(23(34)36-11-13-9-7-6-8-10-13)30(24(35)37-25(3,4)5)31-21(32)14-15(22(31)33)17(27)19(29)18(28)16(14)26/h6-10,12,20H,11H2,1-5H3. The van der Waals surface area contributed by atoms with Crippen molar-refractivity contribution in [2.75, 3.05) is 0 Å². The molecule has 1 aliphatic heterocycles. The minimum absolute atomic E-state index is 0.101. The third kappa shape index (κ3) is 5.82. The minimum Gasteiger partial charge on any atom is -0.459 e. The molecule has 3 amide bonds. The summed E-state index contributed by atoms with van der Waals surface area (Å²) in [5.41, 5.74) is -1.03. The molecule has 0 radical (unpaired) electrons. The van der Waals surface area contributed by atoms with Crippen molar-refractivity contribution in [1.82, 2.24) is 10.0 Å². The summed E-state index contributed by atoms with van der Waals surface area (Å²) in [4.78, 5) is 53.9. The summed E-state index contributed by atoms with van der Waals surface area (Å²) in [6, 6.07) is 7.43. The van der Waals surface area contributed by atoms with Crippen molar-refractivity contribution in [1.29, 1.82) is 0 Å². The highest BCUT2D eigenvalue weighted by Crippen LogP contribution is 2.45. The molecule has 8 nitrogen and oxygen atoms in total. The highest BCUT2D eigenvalue weighted by molar-refractivity contribution is 6.55. The molecule has 198 valence electrons. The van der Waals surface area contributed by atoms with Gasteiger partial charge in [0.25, 0.3) is 11.8 Å². The van der Waals surface area contributed by atoms with Crippen LogP contribution in [-0.4, -0.2) is 45.5 Å². The Kier molecular flexibility index (Phi) is 8.69. The van der Waals surface area contributed by atoms with Crippen LogP contribution in [0, 0.1) is 5.92 Å². The summed E-state index contributed by atoms with van der Waals surface area (Å²) in [6.45, 7) is 7.93. The topological polar surface area (TPSA) is 93.2 Å². The molecular weight excluding hydrogens is 566 g/mol. The third-order valence-electron chi connectivity index (χ3n) is 5.24. The van der Waals surface area contributed by atoms with Gasteiger partial charge in [0.1, 0.15) is 12.2 Å². The maximum absolute atomic E-state index is 13.5. The van der Waals surface area contributed by atoms with Gasteiger partial charge in [0.05, 0.1) is 31.2 Å². The SMILES string of the molecule is CC(C)C(C(=O)OCc1ccccc1)N(C(=O)OC(C)(C)C)N1C(=O)c2c(Cl)c(Cl)c(Cl)c(Cl)c2C1=O. The van der Waals surface area contributed by atoms with Crippen molar-refractivity contribution in [3.8, 4) is 0 Å². The average Bonchev–Trinajstić information content (AvgIpc) is 3.07. The number of imide groups is 1. The first-order valence-electron chi connectivity index (χ1n) is 11.1. The Morgan fingerprint density at radius 1 is 0.892 bits per heavy atom. The van der Waals surface area contributed by atoms with Crippen LogP contribution in [0.2, 0.25) is 20.1 Å². The fourth-order valence-electron chi connectivity index (χ4n) is 3.63. The number of carbonyl (C=O) groups is 4. The highest BCUT2D eigenvalue weighted by atomic mass is 35.5. The number of amides is 3. The van der Waals surface area contributed by atoms with E-state index < -0.39 is 41.4 Å². The van der Waals surface area contributed by atoms with Crippen molar-refractivity contribution < 1.29 is 28.7 Å². The number of hydrogen-bond donors (Lipinski definition) is 0. The molecule has 0 bridgehead atoms. The zero-order valence-corrected chi connectivity index (χ0v) is 23.6. The number of esters is 1. The second-order valence-corrected chi connectivity index (χ2v) is 11.0. The van der Waals surface area contributed by atoms with Gasteiger partial charge in [-0.1, -0.05) is 90.6 Å². The second kappa shape index (κ2) is 11.1. The normalized spacial score (nSPS) is 14.1. The lowest BCUT2D eigenvalue weighted by Gasteiger charge is -2.37. The van der Waals surface area contributed by atoms with E-state index in [4.69, 9.17) is 55.9 Å². The van der Waals surface area contributed by atoms with Gasteiger partial charge in [-0.25, -0.2) is 9.59 Å². The van der Waals surface area contributed by atoms with E-state index in [-0.39, 0.29) is 37.8 Å². The van der Waals surface area contributed by atoms with Gasteiger partial charge in [-0.15, -0.1) is 0 Å². The van der Waals surface area contributed by atoms with Crippen molar-refractivity contribution in [3.63, 3.8) is 0 Å². The summed E-state index contributed by atoms with van der Waals surface area (Å²) < 4.78 is 10.9. The first-order valence-corrected chi connectivity index (χ1v) is 12.7. The Labute approximate surface area is 234 Å². The minimum atomic E-state index is -1.44. The van der Waals surface area contributed by atoms with Gasteiger partial charge in [0, 0.05) is 0 Å². The van der Waals surface area contributed by atoms with Crippen LogP contribution in [0.3, 0.4) is 0 Å². The molecule has 3 rings (SSSR count). The molecule has 0 N–H and O–H groups in total. The molecule has 12 heteroatoms. The van der Waals surface area contributed by atoms with E-state index in [9.17, 15) is 19.2 Å². The molecule has 1 atom stereocenters. The molecule has 2 aromatic carbocycles. The summed E-state index contributed by atoms with van der Waals surface area (Å²) in [5.74, 6) is -3.55. The number of carbonyl (C=O) groups excluding carboxylic acids is 4. The molecule has 0 aromatic heterocycles. The molecule has 1 heterocycles. The molecule has 0 spiro atoms. The van der Waals surface area contributed by atoms with E-state index in [0.29, 0.717) is 15.6 Å². The summed E-state index contributed by atoms with van der Waals surface area (Å²) in [5, 5.41) is 0.00996. The number of ether oxygens (including phenoxy) is 2. The number of benzene rings is 2. The van der Waals surface area contributed by atoms with Gasteiger partial charge in [-0.2, -0.15) is 10.0 Å². The first kappa shape index (κ1) is 29.0. The first-order chi connectivity index (χ1) is 17.2. The zero-order chi connectivity index (χ0) is 27.8. The van der Waals surface area contributed by atoms with Crippen LogP contribution in [0.25, 0.3) is 0 Å². The molecule has 1 unspecified atom stereocenters. The molecule has 1 aliphatic rings. The van der Waals surface area contributed by atoms with E-state index in [1.165, 1.54) is 0 Å². The van der Waals surface area contributed by atoms with Gasteiger partial charge in [-0.05, 0) is 32.3 Å². The average molecular weight is 590 g/mol. The molecule has 2 aromatic rings. The fourth-order valence-corrected chi connectivity index (χ4v) is 4.64. The van der Waals surface area contributed by atoms with E-state index in [0.717, 1.165) is 0 Å². The summed E-state index contributed by atoms with van der Waals surface area (Å²) >= 11 is 24.7. The Bertz CT molecular complexity index is 1210. The predicted octanol–water partition coefficient (Wildman–Crippen LogP) is 6.82. The molecule has 0 aliphatic carbocycles. The lowest BCUT2D eigenvalue weighted by Crippen LogP contribution is -2.60. The zero-order valence-electron chi connectivity index (χ0n) is 20.6. The number of hydrogen-bond acceptors (Lipinski definition) is 6. The number of nitrogens with zero attached hydrogens (tertiary/aromatic N) is 2. The van der Waals surface area contributed by atoms with Crippen molar-refractivity contribution >= 4 is 70.3 Å². The third-order valence-corrected chi connectivity index (χ3v) is 7.04. The van der Waals surface area contributed by atoms with E-state index in [2.05, 4.69) is 0 Å². The Morgan fingerprint density at radius 2 is 1.38 bits per heavy atom. The maximum atomic E-state index is 13.5. The van der Waals surface area contributed by atoms with Crippen LogP contribution < -0.4 is 0 Å². The largest absolute Gasteiger partial charge is 0.459 e. The van der Waals surface area contributed by atoms with Crippen LogP contribution in [0.4, 0.5) is 4.79 Å². The van der Waals surface area contributed by atoms with E-state index in [1.807, 2.05) is 6.07 Å². The lowest BCUT2D eigenvalue weighted by molar-refractivity contribution is -0.158. The molecule has 37 heavy (non-hydrogen) atoms. The number of hydrazine groups is 1. The van der Waals surface area contributed by atoms with Crippen LogP contribution in [0.5, 0.6) is 0 Å². The Morgan fingerprint density at radius 3 is 1.81 bits per heavy atom. The Hall–Kier alpha value is -2.52. The highest BCUT2D eigenvalue weighted by Gasteiger charge is 2.51. The smallest absolute Gasteiger partial charge is 0.430 e. The second-order valence-electron chi connectivity index (χ2n) is 9.54. The fraction of sp³-hybridized carbons (Fsp3) is 0.360. The van der Waals surface area contributed by atoms with E-state index >= 15 is 0 Å². The van der Waals surface area contributed by atoms with Gasteiger partial charge in [0.2, 0.25) is 0 Å². The Balaban J connectivity index is 2.10. The van der Waals surface area contributed by atoms with Gasteiger partial charge >= 0.3 is 12.1 Å². The summed E-state index contributed by atoms with van der Waals surface area (Å²) in [6.07, 6.45) is -1.14. The van der Waals surface area contributed by atoms with Crippen LogP contribution in [-0.2, 0) is 20.9 Å². The maximum Gasteiger partial charge on any atom is 0.430 e. The predicted molar refractivity (Wildman–Crippen MR) is 140 cm³/mol.